The van der Waals surface area contributed by atoms with Gasteiger partial charge in [0.1, 0.15) is 5.75 Å². The Bertz CT molecular complexity index is 523. The van der Waals surface area contributed by atoms with E-state index in [4.69, 9.17) is 27.9 Å². The van der Waals surface area contributed by atoms with Crippen LogP contribution >= 0.6 is 23.2 Å². The van der Waals surface area contributed by atoms with E-state index in [1.54, 1.807) is 12.1 Å². The molecule has 0 fully saturated rings. The Morgan fingerprint density at radius 2 is 1.73 bits per heavy atom. The van der Waals surface area contributed by atoms with Crippen LogP contribution in [0.4, 0.5) is 4.79 Å². The highest BCUT2D eigenvalue weighted by atomic mass is 35.5. The zero-order valence-corrected chi connectivity index (χ0v) is 9.05. The van der Waals surface area contributed by atoms with Crippen molar-refractivity contribution in [2.24, 2.45) is 0 Å². The van der Waals surface area contributed by atoms with E-state index >= 15 is 0 Å². The Balaban J connectivity index is 2.66. The molecule has 0 heterocycles. The van der Waals surface area contributed by atoms with Gasteiger partial charge in [0.25, 0.3) is 0 Å². The maximum Gasteiger partial charge on any atom is 0.409 e. The molecule has 0 aromatic heterocycles. The second kappa shape index (κ2) is 4.09. The fraction of sp³-hybridized carbons (Fsp3) is 0. The van der Waals surface area contributed by atoms with Gasteiger partial charge in [-0.1, -0.05) is 35.9 Å². The van der Waals surface area contributed by atoms with Crippen molar-refractivity contribution >= 4 is 39.4 Å². The van der Waals surface area contributed by atoms with E-state index in [9.17, 15) is 4.79 Å². The van der Waals surface area contributed by atoms with E-state index in [2.05, 4.69) is 0 Å². The topological polar surface area (TPSA) is 26.3 Å². The minimum absolute atomic E-state index is 0.412. The molecular weight excluding hydrogens is 235 g/mol. The summed E-state index contributed by atoms with van der Waals surface area (Å²) in [5.74, 6) is 0.412. The van der Waals surface area contributed by atoms with E-state index < -0.39 is 5.43 Å². The van der Waals surface area contributed by atoms with Gasteiger partial charge < -0.3 is 4.74 Å². The lowest BCUT2D eigenvalue weighted by molar-refractivity contribution is 0.226. The van der Waals surface area contributed by atoms with Crippen molar-refractivity contribution in [1.82, 2.24) is 0 Å². The lowest BCUT2D eigenvalue weighted by atomic mass is 10.1. The molecule has 0 amide bonds. The van der Waals surface area contributed by atoms with Crippen molar-refractivity contribution in [1.29, 1.82) is 0 Å². The van der Waals surface area contributed by atoms with Gasteiger partial charge >= 0.3 is 5.43 Å². The van der Waals surface area contributed by atoms with Gasteiger partial charge in [0.2, 0.25) is 0 Å². The largest absolute Gasteiger partial charge is 0.414 e. The van der Waals surface area contributed by atoms with Crippen LogP contribution in [0.1, 0.15) is 0 Å². The third kappa shape index (κ3) is 2.06. The van der Waals surface area contributed by atoms with Gasteiger partial charge in [0, 0.05) is 27.4 Å². The molecule has 0 spiro atoms. The minimum Gasteiger partial charge on any atom is -0.414 e. The third-order valence-corrected chi connectivity index (χ3v) is 2.43. The lowest BCUT2D eigenvalue weighted by Crippen LogP contribution is -1.96. The van der Waals surface area contributed by atoms with Crippen molar-refractivity contribution in [3.8, 4) is 5.75 Å². The molecule has 0 bridgehead atoms. The predicted octanol–water partition coefficient (Wildman–Crippen LogP) is 4.23. The van der Waals surface area contributed by atoms with Crippen LogP contribution in [0.5, 0.6) is 5.75 Å². The van der Waals surface area contributed by atoms with Crippen LogP contribution in [0.15, 0.2) is 36.4 Å². The summed E-state index contributed by atoms with van der Waals surface area (Å²) in [4.78, 5) is 10.7. The normalized spacial score (nSPS) is 10.3. The van der Waals surface area contributed by atoms with Gasteiger partial charge in [0.05, 0.1) is 0 Å². The first-order chi connectivity index (χ1) is 7.18. The zero-order chi connectivity index (χ0) is 10.8. The molecule has 0 atom stereocenters. The number of benzene rings is 2. The van der Waals surface area contributed by atoms with Crippen LogP contribution in [0, 0.1) is 0 Å². The SMILES string of the molecule is O=C(Cl)Oc1ccc(Cl)c2ccccc12. The first-order valence-corrected chi connectivity index (χ1v) is 4.98. The average molecular weight is 241 g/mol. The molecule has 0 aliphatic rings. The standard InChI is InChI=1S/C11H6Cl2O2/c12-9-5-6-10(15-11(13)14)8-4-2-1-3-7(8)9/h1-6H. The van der Waals surface area contributed by atoms with Gasteiger partial charge in [-0.25, -0.2) is 4.79 Å². The summed E-state index contributed by atoms with van der Waals surface area (Å²) < 4.78 is 4.85. The van der Waals surface area contributed by atoms with Gasteiger partial charge in [-0.3, -0.25) is 0 Å². The number of carbonyl (C=O) groups is 1. The molecule has 0 saturated carbocycles. The Kier molecular flexibility index (Phi) is 2.80. The number of carbonyl (C=O) groups excluding carboxylic acids is 1. The molecule has 0 unspecified atom stereocenters. The fourth-order valence-electron chi connectivity index (χ4n) is 1.41. The molecule has 76 valence electrons. The Labute approximate surface area is 96.4 Å². The number of hydrogen-bond acceptors (Lipinski definition) is 2. The molecule has 2 nitrogen and oxygen atoms in total. The van der Waals surface area contributed by atoms with Crippen LogP contribution in [-0.4, -0.2) is 5.43 Å². The zero-order valence-electron chi connectivity index (χ0n) is 7.54. The number of ether oxygens (including phenoxy) is 1. The number of hydrogen-bond donors (Lipinski definition) is 0. The van der Waals surface area contributed by atoms with Gasteiger partial charge in [-0.15, -0.1) is 0 Å². The number of fused-ring (bicyclic) bond motifs is 1. The van der Waals surface area contributed by atoms with Gasteiger partial charge in [-0.05, 0) is 12.1 Å². The molecule has 0 N–H and O–H groups in total. The van der Waals surface area contributed by atoms with Gasteiger partial charge in [0.15, 0.2) is 0 Å². The summed E-state index contributed by atoms with van der Waals surface area (Å²) in [7, 11) is 0. The second-order valence-electron chi connectivity index (χ2n) is 2.93. The number of rotatable bonds is 1. The molecule has 2 aromatic carbocycles. The Hall–Kier alpha value is -1.25. The van der Waals surface area contributed by atoms with Crippen LogP contribution < -0.4 is 4.74 Å². The molecule has 2 rings (SSSR count). The molecule has 0 radical (unpaired) electrons. The fourth-order valence-corrected chi connectivity index (χ4v) is 1.72. The van der Waals surface area contributed by atoms with Crippen molar-refractivity contribution in [2.45, 2.75) is 0 Å². The number of halogens is 2. The van der Waals surface area contributed by atoms with E-state index in [0.717, 1.165) is 10.8 Å². The summed E-state index contributed by atoms with van der Waals surface area (Å²) in [6.45, 7) is 0. The van der Waals surface area contributed by atoms with Crippen LogP contribution in [-0.2, 0) is 0 Å². The summed E-state index contributed by atoms with van der Waals surface area (Å²) in [5, 5.41) is 2.20. The lowest BCUT2D eigenvalue weighted by Gasteiger charge is -2.05. The van der Waals surface area contributed by atoms with Crippen LogP contribution in [0.25, 0.3) is 10.8 Å². The van der Waals surface area contributed by atoms with Crippen molar-refractivity contribution < 1.29 is 9.53 Å². The molecule has 0 aliphatic carbocycles. The van der Waals surface area contributed by atoms with Crippen molar-refractivity contribution in [3.05, 3.63) is 41.4 Å². The van der Waals surface area contributed by atoms with E-state index in [1.807, 2.05) is 24.3 Å². The molecule has 15 heavy (non-hydrogen) atoms. The summed E-state index contributed by atoms with van der Waals surface area (Å²) in [6.07, 6.45) is 0. The average Bonchev–Trinajstić information content (AvgIpc) is 2.22. The molecule has 4 heteroatoms. The van der Waals surface area contributed by atoms with Gasteiger partial charge in [-0.2, -0.15) is 0 Å². The first kappa shape index (κ1) is 10.3. The summed E-state index contributed by atoms with van der Waals surface area (Å²) >= 11 is 11.2. The maximum absolute atomic E-state index is 10.7. The third-order valence-electron chi connectivity index (χ3n) is 2.02. The van der Waals surface area contributed by atoms with E-state index in [1.165, 1.54) is 0 Å². The Morgan fingerprint density at radius 1 is 1.07 bits per heavy atom. The molecule has 2 aromatic rings. The predicted molar refractivity (Wildman–Crippen MR) is 60.8 cm³/mol. The maximum atomic E-state index is 10.7. The highest BCUT2D eigenvalue weighted by Gasteiger charge is 2.07. The van der Waals surface area contributed by atoms with Crippen LogP contribution in [0.3, 0.4) is 0 Å². The molecule has 0 saturated heterocycles. The highest BCUT2D eigenvalue weighted by Crippen LogP contribution is 2.31. The summed E-state index contributed by atoms with van der Waals surface area (Å²) in [5.41, 5.74) is -0.859. The monoisotopic (exact) mass is 240 g/mol. The highest BCUT2D eigenvalue weighted by molar-refractivity contribution is 6.61. The minimum atomic E-state index is -0.859. The quantitative estimate of drug-likeness (QED) is 0.698. The van der Waals surface area contributed by atoms with E-state index in [0.29, 0.717) is 10.8 Å². The van der Waals surface area contributed by atoms with Crippen molar-refractivity contribution in [3.63, 3.8) is 0 Å². The smallest absolute Gasteiger partial charge is 0.409 e. The van der Waals surface area contributed by atoms with E-state index in [-0.39, 0.29) is 0 Å². The Morgan fingerprint density at radius 3 is 2.40 bits per heavy atom. The van der Waals surface area contributed by atoms with Crippen LogP contribution in [0.2, 0.25) is 5.02 Å². The molecule has 0 aliphatic heterocycles. The molecular formula is C11H6Cl2O2. The summed E-state index contributed by atoms with van der Waals surface area (Å²) in [6, 6.07) is 10.6. The van der Waals surface area contributed by atoms with Crippen molar-refractivity contribution in [2.75, 3.05) is 0 Å². The second-order valence-corrected chi connectivity index (χ2v) is 3.65. The first-order valence-electron chi connectivity index (χ1n) is 4.23.